The zero-order chi connectivity index (χ0) is 28.6. The lowest BCUT2D eigenvalue weighted by atomic mass is 9.85. The number of carbonyl (C=O) groups excluding carboxylic acids is 4. The summed E-state index contributed by atoms with van der Waals surface area (Å²) >= 11 is 1.35. The Balaban J connectivity index is 1.71. The molecule has 208 valence electrons. The molecule has 0 spiro atoms. The van der Waals surface area contributed by atoms with E-state index in [0.717, 1.165) is 5.56 Å². The van der Waals surface area contributed by atoms with Crippen LogP contribution in [0.1, 0.15) is 31.9 Å². The summed E-state index contributed by atoms with van der Waals surface area (Å²) in [7, 11) is 0. The van der Waals surface area contributed by atoms with E-state index in [1.54, 1.807) is 51.1 Å². The van der Waals surface area contributed by atoms with E-state index >= 15 is 0 Å². The summed E-state index contributed by atoms with van der Waals surface area (Å²) in [6, 6.07) is 14.6. The summed E-state index contributed by atoms with van der Waals surface area (Å²) in [5.41, 5.74) is 0.753. The molecule has 3 amide bonds. The average molecular weight is 556 g/mol. The Labute approximate surface area is 231 Å². The molecule has 2 aromatic carbocycles. The Hall–Kier alpha value is -3.86. The van der Waals surface area contributed by atoms with Gasteiger partial charge in [-0.3, -0.25) is 14.4 Å². The number of amides is 3. The number of carboxylic acids is 1. The molecule has 0 saturated carbocycles. The van der Waals surface area contributed by atoms with Gasteiger partial charge in [0, 0.05) is 12.2 Å². The SMILES string of the molecule is CC(C)(C)[C@H](NC(=O)OCc1ccccc1)C(=O)N1CSC[C@H]1C(=O)N[C@@H](Cc1ccccc1)C(=O)C(=O)O. The normalized spacial score (nSPS) is 16.6. The fraction of sp³-hybridized carbons (Fsp3) is 0.393. The maximum absolute atomic E-state index is 13.6. The van der Waals surface area contributed by atoms with Crippen LogP contribution in [0, 0.1) is 5.41 Å². The predicted molar refractivity (Wildman–Crippen MR) is 146 cm³/mol. The molecular weight excluding hydrogens is 522 g/mol. The Kier molecular flexibility index (Phi) is 10.1. The minimum Gasteiger partial charge on any atom is -0.475 e. The summed E-state index contributed by atoms with van der Waals surface area (Å²) < 4.78 is 5.30. The van der Waals surface area contributed by atoms with Crippen LogP contribution in [0.15, 0.2) is 60.7 Å². The van der Waals surface area contributed by atoms with Crippen LogP contribution < -0.4 is 10.6 Å². The van der Waals surface area contributed by atoms with Crippen LogP contribution in [0.2, 0.25) is 0 Å². The molecule has 1 aliphatic rings. The van der Waals surface area contributed by atoms with Gasteiger partial charge >= 0.3 is 12.1 Å². The van der Waals surface area contributed by atoms with E-state index in [1.807, 2.05) is 30.3 Å². The molecule has 0 aromatic heterocycles. The molecule has 1 saturated heterocycles. The molecule has 39 heavy (non-hydrogen) atoms. The molecule has 1 heterocycles. The van der Waals surface area contributed by atoms with Crippen LogP contribution in [0.25, 0.3) is 0 Å². The van der Waals surface area contributed by atoms with Crippen molar-refractivity contribution in [3.63, 3.8) is 0 Å². The van der Waals surface area contributed by atoms with E-state index in [1.165, 1.54) is 16.7 Å². The molecule has 11 heteroatoms. The Morgan fingerprint density at radius 2 is 1.56 bits per heavy atom. The standard InChI is InChI=1S/C28H33N3O7S/c1-28(2,3)23(30-27(37)38-15-19-12-8-5-9-13-19)25(34)31-17-39-16-21(31)24(33)29-20(22(32)26(35)36)14-18-10-6-4-7-11-18/h4-13,20-21,23H,14-17H2,1-3H3,(H,29,33)(H,30,37)(H,35,36)/t20-,21-,23+/m0/s1. The van der Waals surface area contributed by atoms with Gasteiger partial charge in [0.1, 0.15) is 24.7 Å². The van der Waals surface area contributed by atoms with Crippen LogP contribution in [0.4, 0.5) is 4.79 Å². The zero-order valence-corrected chi connectivity index (χ0v) is 22.9. The van der Waals surface area contributed by atoms with Crippen LogP contribution in [-0.2, 0) is 36.9 Å². The first-order valence-electron chi connectivity index (χ1n) is 12.4. The van der Waals surface area contributed by atoms with Gasteiger partial charge in [-0.2, -0.15) is 0 Å². The van der Waals surface area contributed by atoms with Gasteiger partial charge in [-0.15, -0.1) is 11.8 Å². The van der Waals surface area contributed by atoms with E-state index in [9.17, 15) is 29.1 Å². The highest BCUT2D eigenvalue weighted by Crippen LogP contribution is 2.27. The minimum absolute atomic E-state index is 0.00898. The van der Waals surface area contributed by atoms with Crippen molar-refractivity contribution in [1.29, 1.82) is 0 Å². The second-order valence-electron chi connectivity index (χ2n) is 10.2. The summed E-state index contributed by atoms with van der Waals surface area (Å²) in [6.07, 6.45) is -0.778. The number of ether oxygens (including phenoxy) is 1. The van der Waals surface area contributed by atoms with Crippen molar-refractivity contribution < 1.29 is 33.8 Å². The van der Waals surface area contributed by atoms with Gasteiger partial charge in [-0.25, -0.2) is 9.59 Å². The number of carboxylic acid groups (broad SMARTS) is 1. The molecule has 3 atom stereocenters. The number of hydrogen-bond acceptors (Lipinski definition) is 7. The topological polar surface area (TPSA) is 142 Å². The van der Waals surface area contributed by atoms with Crippen molar-refractivity contribution in [3.8, 4) is 0 Å². The largest absolute Gasteiger partial charge is 0.475 e. The van der Waals surface area contributed by atoms with Gasteiger partial charge in [-0.05, 0) is 16.5 Å². The number of carbonyl (C=O) groups is 5. The summed E-state index contributed by atoms with van der Waals surface area (Å²) in [5.74, 6) is -3.47. The fourth-order valence-corrected chi connectivity index (χ4v) is 5.21. The number of aliphatic carboxylic acids is 1. The molecule has 1 fully saturated rings. The lowest BCUT2D eigenvalue weighted by molar-refractivity contribution is -0.151. The highest BCUT2D eigenvalue weighted by molar-refractivity contribution is 7.99. The number of nitrogens with one attached hydrogen (secondary N) is 2. The molecule has 0 radical (unpaired) electrons. The number of hydrogen-bond donors (Lipinski definition) is 3. The smallest absolute Gasteiger partial charge is 0.408 e. The van der Waals surface area contributed by atoms with Gasteiger partial charge in [0.05, 0.1) is 5.88 Å². The van der Waals surface area contributed by atoms with E-state index in [0.29, 0.717) is 5.56 Å². The van der Waals surface area contributed by atoms with E-state index < -0.39 is 53.2 Å². The number of Topliss-reactive ketones (excluding diaryl/α,β-unsaturated/α-hetero) is 1. The third kappa shape index (κ3) is 8.31. The van der Waals surface area contributed by atoms with Crippen molar-refractivity contribution in [3.05, 3.63) is 71.8 Å². The first-order chi connectivity index (χ1) is 18.5. The van der Waals surface area contributed by atoms with Crippen LogP contribution in [0.3, 0.4) is 0 Å². The molecule has 0 bridgehead atoms. The summed E-state index contributed by atoms with van der Waals surface area (Å²) in [5, 5.41) is 14.5. The second kappa shape index (κ2) is 13.3. The number of benzene rings is 2. The van der Waals surface area contributed by atoms with Gasteiger partial charge in [0.25, 0.3) is 5.78 Å². The van der Waals surface area contributed by atoms with Gasteiger partial charge in [0.15, 0.2) is 0 Å². The maximum Gasteiger partial charge on any atom is 0.408 e. The highest BCUT2D eigenvalue weighted by Gasteiger charge is 2.43. The van der Waals surface area contributed by atoms with Crippen LogP contribution in [-0.4, -0.2) is 69.4 Å². The third-order valence-electron chi connectivity index (χ3n) is 6.18. The maximum atomic E-state index is 13.6. The Morgan fingerprint density at radius 1 is 0.974 bits per heavy atom. The zero-order valence-electron chi connectivity index (χ0n) is 22.1. The Bertz CT molecular complexity index is 1180. The third-order valence-corrected chi connectivity index (χ3v) is 7.19. The summed E-state index contributed by atoms with van der Waals surface area (Å²) in [4.78, 5) is 64.6. The van der Waals surface area contributed by atoms with Gasteiger partial charge in [-0.1, -0.05) is 81.4 Å². The molecular formula is C28H33N3O7S. The van der Waals surface area contributed by atoms with Crippen LogP contribution in [0.5, 0.6) is 0 Å². The molecule has 3 rings (SSSR count). The number of nitrogens with zero attached hydrogens (tertiary/aromatic N) is 1. The number of rotatable bonds is 10. The van der Waals surface area contributed by atoms with E-state index in [4.69, 9.17) is 4.74 Å². The lowest BCUT2D eigenvalue weighted by Crippen LogP contribution is -2.59. The van der Waals surface area contributed by atoms with Crippen molar-refractivity contribution in [2.75, 3.05) is 11.6 Å². The molecule has 0 unspecified atom stereocenters. The lowest BCUT2D eigenvalue weighted by Gasteiger charge is -2.35. The Morgan fingerprint density at radius 3 is 2.13 bits per heavy atom. The monoisotopic (exact) mass is 555 g/mol. The van der Waals surface area contributed by atoms with Crippen molar-refractivity contribution in [2.45, 2.75) is 51.9 Å². The average Bonchev–Trinajstić information content (AvgIpc) is 3.40. The van der Waals surface area contributed by atoms with E-state index in [-0.39, 0.29) is 24.7 Å². The number of thioether (sulfide) groups is 1. The van der Waals surface area contributed by atoms with Crippen molar-refractivity contribution in [1.82, 2.24) is 15.5 Å². The number of ketones is 1. The molecule has 3 N–H and O–H groups in total. The minimum atomic E-state index is -1.66. The number of alkyl carbamates (subject to hydrolysis) is 1. The van der Waals surface area contributed by atoms with Gasteiger partial charge < -0.3 is 25.4 Å². The first-order valence-corrected chi connectivity index (χ1v) is 13.6. The van der Waals surface area contributed by atoms with Crippen LogP contribution >= 0.6 is 11.8 Å². The first kappa shape index (κ1) is 29.7. The molecule has 1 aliphatic heterocycles. The van der Waals surface area contributed by atoms with E-state index in [2.05, 4.69) is 10.6 Å². The highest BCUT2D eigenvalue weighted by atomic mass is 32.2. The molecule has 10 nitrogen and oxygen atoms in total. The quantitative estimate of drug-likeness (QED) is 0.380. The second-order valence-corrected chi connectivity index (χ2v) is 11.2. The summed E-state index contributed by atoms with van der Waals surface area (Å²) in [6.45, 7) is 5.38. The molecule has 2 aromatic rings. The van der Waals surface area contributed by atoms with Gasteiger partial charge in [0.2, 0.25) is 11.8 Å². The molecule has 0 aliphatic carbocycles. The van der Waals surface area contributed by atoms with Crippen molar-refractivity contribution in [2.24, 2.45) is 5.41 Å². The predicted octanol–water partition coefficient (Wildman–Crippen LogP) is 2.61. The van der Waals surface area contributed by atoms with Crippen molar-refractivity contribution >= 4 is 41.4 Å². The fourth-order valence-electron chi connectivity index (χ4n) is 4.05.